The van der Waals surface area contributed by atoms with E-state index >= 15 is 0 Å². The predicted molar refractivity (Wildman–Crippen MR) is 104 cm³/mol. The Balaban J connectivity index is 0.00000312. The van der Waals surface area contributed by atoms with Crippen LogP contribution in [0, 0.1) is 0 Å². The summed E-state index contributed by atoms with van der Waals surface area (Å²) < 4.78 is 10.6. The van der Waals surface area contributed by atoms with Crippen LogP contribution < -0.4 is 20.5 Å². The summed E-state index contributed by atoms with van der Waals surface area (Å²) in [5, 5.41) is 5.16. The van der Waals surface area contributed by atoms with Crippen molar-refractivity contribution in [2.24, 2.45) is 5.73 Å². The lowest BCUT2D eigenvalue weighted by molar-refractivity contribution is -0.120. The molecule has 6 nitrogen and oxygen atoms in total. The van der Waals surface area contributed by atoms with Gasteiger partial charge in [0.25, 0.3) is 0 Å². The summed E-state index contributed by atoms with van der Waals surface area (Å²) in [5.41, 5.74) is 6.65. The van der Waals surface area contributed by atoms with Crippen molar-refractivity contribution >= 4 is 34.8 Å². The van der Waals surface area contributed by atoms with Crippen LogP contribution in [0.5, 0.6) is 11.5 Å². The van der Waals surface area contributed by atoms with Gasteiger partial charge in [0, 0.05) is 10.9 Å². The smallest absolute Gasteiger partial charge is 0.245 e. The number of methoxy groups -OCH3 is 2. The number of thiazole rings is 1. The van der Waals surface area contributed by atoms with Crippen LogP contribution in [0.25, 0.3) is 11.3 Å². The Labute approximate surface area is 158 Å². The molecule has 1 heterocycles. The van der Waals surface area contributed by atoms with Crippen LogP contribution in [0.2, 0.25) is 0 Å². The molecule has 2 aromatic rings. The lowest BCUT2D eigenvalue weighted by atomic mass is 9.97. The van der Waals surface area contributed by atoms with Crippen LogP contribution in [-0.2, 0) is 4.79 Å². The number of amides is 1. The SMILES string of the molecule is CCCC(C)(N)C(=O)Nc1nc(-c2cc(OC)ccc2OC)cs1.Cl. The Kier molecular flexibility index (Phi) is 7.66. The van der Waals surface area contributed by atoms with Crippen molar-refractivity contribution in [1.29, 1.82) is 0 Å². The molecule has 8 heteroatoms. The fourth-order valence-corrected chi connectivity index (χ4v) is 3.05. The van der Waals surface area contributed by atoms with Gasteiger partial charge in [-0.2, -0.15) is 0 Å². The van der Waals surface area contributed by atoms with E-state index in [9.17, 15) is 4.79 Å². The van der Waals surface area contributed by atoms with E-state index in [0.29, 0.717) is 28.7 Å². The van der Waals surface area contributed by atoms with Crippen molar-refractivity contribution in [3.63, 3.8) is 0 Å². The van der Waals surface area contributed by atoms with Crippen LogP contribution in [-0.4, -0.2) is 30.6 Å². The minimum atomic E-state index is -0.908. The largest absolute Gasteiger partial charge is 0.497 e. The van der Waals surface area contributed by atoms with Gasteiger partial charge >= 0.3 is 0 Å². The highest BCUT2D eigenvalue weighted by atomic mass is 35.5. The molecular weight excluding hydrogens is 362 g/mol. The Morgan fingerprint density at radius 2 is 2.08 bits per heavy atom. The fraction of sp³-hybridized carbons (Fsp3) is 0.412. The summed E-state index contributed by atoms with van der Waals surface area (Å²) in [4.78, 5) is 16.8. The number of ether oxygens (including phenoxy) is 2. The lowest BCUT2D eigenvalue weighted by Gasteiger charge is -2.21. The molecule has 138 valence electrons. The molecule has 0 bridgehead atoms. The van der Waals surface area contributed by atoms with Crippen LogP contribution >= 0.6 is 23.7 Å². The molecule has 0 fully saturated rings. The summed E-state index contributed by atoms with van der Waals surface area (Å²) in [6.45, 7) is 3.72. The zero-order valence-corrected chi connectivity index (χ0v) is 16.4. The highest BCUT2D eigenvalue weighted by Crippen LogP contribution is 2.35. The third kappa shape index (κ3) is 5.07. The summed E-state index contributed by atoms with van der Waals surface area (Å²) >= 11 is 1.34. The van der Waals surface area contributed by atoms with Crippen LogP contribution in [0.4, 0.5) is 5.13 Å². The van der Waals surface area contributed by atoms with Gasteiger partial charge in [-0.15, -0.1) is 23.7 Å². The fourth-order valence-electron chi connectivity index (χ4n) is 2.34. The van der Waals surface area contributed by atoms with Crippen molar-refractivity contribution in [2.75, 3.05) is 19.5 Å². The summed E-state index contributed by atoms with van der Waals surface area (Å²) in [5.74, 6) is 1.17. The standard InChI is InChI=1S/C17H23N3O3S.ClH/c1-5-8-17(2,18)15(21)20-16-19-13(10-24-16)12-9-11(22-3)6-7-14(12)23-4;/h6-7,9-10H,5,8,18H2,1-4H3,(H,19,20,21);1H. The maximum atomic E-state index is 12.3. The van der Waals surface area contributed by atoms with Gasteiger partial charge in [-0.25, -0.2) is 4.98 Å². The van der Waals surface area contributed by atoms with E-state index in [2.05, 4.69) is 10.3 Å². The number of hydrogen-bond acceptors (Lipinski definition) is 6. The molecule has 0 radical (unpaired) electrons. The monoisotopic (exact) mass is 385 g/mol. The van der Waals surface area contributed by atoms with Crippen molar-refractivity contribution in [1.82, 2.24) is 4.98 Å². The normalized spacial score (nSPS) is 12.7. The van der Waals surface area contributed by atoms with Gasteiger partial charge in [-0.1, -0.05) is 13.3 Å². The predicted octanol–water partition coefficient (Wildman–Crippen LogP) is 3.71. The second-order valence-electron chi connectivity index (χ2n) is 5.73. The minimum absolute atomic E-state index is 0. The number of nitrogens with two attached hydrogens (primary N) is 1. The Morgan fingerprint density at radius 1 is 1.36 bits per heavy atom. The third-order valence-corrected chi connectivity index (χ3v) is 4.45. The maximum Gasteiger partial charge on any atom is 0.245 e. The van der Waals surface area contributed by atoms with E-state index in [-0.39, 0.29) is 18.3 Å². The molecule has 0 aliphatic rings. The number of nitrogens with zero attached hydrogens (tertiary/aromatic N) is 1. The molecule has 25 heavy (non-hydrogen) atoms. The molecule has 0 saturated carbocycles. The zero-order chi connectivity index (χ0) is 17.7. The molecule has 1 aromatic carbocycles. The first kappa shape index (κ1) is 21.2. The number of anilines is 1. The van der Waals surface area contributed by atoms with Gasteiger partial charge in [0.05, 0.1) is 25.5 Å². The summed E-state index contributed by atoms with van der Waals surface area (Å²) in [7, 11) is 3.21. The Bertz CT molecular complexity index is 719. The zero-order valence-electron chi connectivity index (χ0n) is 14.8. The van der Waals surface area contributed by atoms with Gasteiger partial charge in [-0.05, 0) is 31.5 Å². The topological polar surface area (TPSA) is 86.5 Å². The number of carbonyl (C=O) groups excluding carboxylic acids is 1. The molecule has 0 saturated heterocycles. The Hall–Kier alpha value is -1.83. The van der Waals surface area contributed by atoms with Gasteiger partial charge in [-0.3, -0.25) is 4.79 Å². The quantitative estimate of drug-likeness (QED) is 0.758. The number of rotatable bonds is 7. The molecule has 1 amide bonds. The first-order valence-corrected chi connectivity index (χ1v) is 8.57. The van der Waals surface area contributed by atoms with E-state index in [4.69, 9.17) is 15.2 Å². The summed E-state index contributed by atoms with van der Waals surface area (Å²) in [6, 6.07) is 5.50. The van der Waals surface area contributed by atoms with Gasteiger partial charge in [0.1, 0.15) is 11.5 Å². The average molecular weight is 386 g/mol. The van der Waals surface area contributed by atoms with Crippen LogP contribution in [0.1, 0.15) is 26.7 Å². The first-order chi connectivity index (χ1) is 11.4. The first-order valence-electron chi connectivity index (χ1n) is 7.69. The van der Waals surface area contributed by atoms with E-state index in [1.807, 2.05) is 30.5 Å². The molecule has 0 aliphatic heterocycles. The number of hydrogen-bond donors (Lipinski definition) is 2. The third-order valence-electron chi connectivity index (χ3n) is 3.70. The molecular formula is C17H24ClN3O3S. The lowest BCUT2D eigenvalue weighted by Crippen LogP contribution is -2.48. The molecule has 1 unspecified atom stereocenters. The van der Waals surface area contributed by atoms with E-state index in [1.54, 1.807) is 21.1 Å². The van der Waals surface area contributed by atoms with Gasteiger partial charge in [0.15, 0.2) is 5.13 Å². The van der Waals surface area contributed by atoms with Gasteiger partial charge < -0.3 is 20.5 Å². The van der Waals surface area contributed by atoms with Crippen LogP contribution in [0.15, 0.2) is 23.6 Å². The van der Waals surface area contributed by atoms with E-state index in [0.717, 1.165) is 12.0 Å². The molecule has 1 aromatic heterocycles. The second kappa shape index (κ2) is 9.03. The summed E-state index contributed by atoms with van der Waals surface area (Å²) in [6.07, 6.45) is 1.45. The molecule has 1 atom stereocenters. The number of aromatic nitrogens is 1. The van der Waals surface area contributed by atoms with Crippen molar-refractivity contribution < 1.29 is 14.3 Å². The molecule has 3 N–H and O–H groups in total. The minimum Gasteiger partial charge on any atom is -0.497 e. The average Bonchev–Trinajstić information content (AvgIpc) is 3.02. The highest BCUT2D eigenvalue weighted by molar-refractivity contribution is 7.14. The number of carbonyl (C=O) groups is 1. The number of nitrogens with one attached hydrogen (secondary N) is 1. The molecule has 0 spiro atoms. The molecule has 0 aliphatic carbocycles. The van der Waals surface area contributed by atoms with Crippen molar-refractivity contribution in [2.45, 2.75) is 32.2 Å². The maximum absolute atomic E-state index is 12.3. The van der Waals surface area contributed by atoms with Crippen molar-refractivity contribution in [3.8, 4) is 22.8 Å². The highest BCUT2D eigenvalue weighted by Gasteiger charge is 2.28. The van der Waals surface area contributed by atoms with E-state index in [1.165, 1.54) is 11.3 Å². The van der Waals surface area contributed by atoms with E-state index < -0.39 is 5.54 Å². The number of halogens is 1. The van der Waals surface area contributed by atoms with Crippen molar-refractivity contribution in [3.05, 3.63) is 23.6 Å². The van der Waals surface area contributed by atoms with Gasteiger partial charge in [0.2, 0.25) is 5.91 Å². The van der Waals surface area contributed by atoms with Crippen LogP contribution in [0.3, 0.4) is 0 Å². The number of benzene rings is 1. The second-order valence-corrected chi connectivity index (χ2v) is 6.58. The molecule has 2 rings (SSSR count). The Morgan fingerprint density at radius 3 is 2.68 bits per heavy atom.